The molecule has 0 bridgehead atoms. The van der Waals surface area contributed by atoms with E-state index in [9.17, 15) is 4.79 Å². The molecule has 0 saturated heterocycles. The van der Waals surface area contributed by atoms with Gasteiger partial charge in [-0.3, -0.25) is 9.79 Å². The van der Waals surface area contributed by atoms with E-state index in [1.54, 1.807) is 20.2 Å². The van der Waals surface area contributed by atoms with Crippen LogP contribution >= 0.6 is 35.6 Å². The summed E-state index contributed by atoms with van der Waals surface area (Å²) >= 11 is 6.14. The number of amides is 1. The quantitative estimate of drug-likeness (QED) is 0.274. The number of carbonyl (C=O) groups excluding carboxylic acids is 1. The van der Waals surface area contributed by atoms with E-state index in [0.29, 0.717) is 36.2 Å². The number of methoxy groups -OCH3 is 1. The normalized spacial score (nSPS) is 10.7. The third-order valence-corrected chi connectivity index (χ3v) is 4.46. The van der Waals surface area contributed by atoms with Crippen molar-refractivity contribution in [3.8, 4) is 5.75 Å². The van der Waals surface area contributed by atoms with E-state index < -0.39 is 0 Å². The van der Waals surface area contributed by atoms with Crippen LogP contribution in [0.1, 0.15) is 17.5 Å². The zero-order valence-corrected chi connectivity index (χ0v) is 20.0. The Labute approximate surface area is 194 Å². The highest BCUT2D eigenvalue weighted by molar-refractivity contribution is 14.0. The van der Waals surface area contributed by atoms with Crippen LogP contribution in [0.2, 0.25) is 5.02 Å². The maximum absolute atomic E-state index is 12.1. The Kier molecular flexibility index (Phi) is 11.5. The third-order valence-electron chi connectivity index (χ3n) is 4.15. The molecule has 2 aromatic rings. The SMILES string of the molecule is CN=C(NCCC(=O)Nc1ccc(C)cc1Cl)NCCc1ccccc1OC.I. The highest BCUT2D eigenvalue weighted by atomic mass is 127. The minimum atomic E-state index is -0.109. The number of hydrogen-bond donors (Lipinski definition) is 3. The number of para-hydroxylation sites is 1. The number of ether oxygens (including phenoxy) is 1. The van der Waals surface area contributed by atoms with E-state index in [0.717, 1.165) is 23.3 Å². The molecule has 1 amide bonds. The molecule has 8 heteroatoms. The number of nitrogens with zero attached hydrogens (tertiary/aromatic N) is 1. The van der Waals surface area contributed by atoms with E-state index in [2.05, 4.69) is 20.9 Å². The van der Waals surface area contributed by atoms with Crippen LogP contribution in [0, 0.1) is 6.92 Å². The lowest BCUT2D eigenvalue weighted by Crippen LogP contribution is -2.39. The van der Waals surface area contributed by atoms with E-state index >= 15 is 0 Å². The van der Waals surface area contributed by atoms with Crippen LogP contribution in [-0.2, 0) is 11.2 Å². The number of hydrogen-bond acceptors (Lipinski definition) is 3. The van der Waals surface area contributed by atoms with Crippen LogP contribution in [0.4, 0.5) is 5.69 Å². The van der Waals surface area contributed by atoms with Crippen molar-refractivity contribution >= 4 is 53.1 Å². The minimum absolute atomic E-state index is 0. The van der Waals surface area contributed by atoms with Crippen LogP contribution in [0.5, 0.6) is 5.75 Å². The van der Waals surface area contributed by atoms with Crippen LogP contribution in [0.3, 0.4) is 0 Å². The molecule has 0 aliphatic heterocycles. The Morgan fingerprint density at radius 2 is 1.86 bits per heavy atom. The van der Waals surface area contributed by atoms with Crippen molar-refractivity contribution in [3.63, 3.8) is 0 Å². The topological polar surface area (TPSA) is 74.8 Å². The lowest BCUT2D eigenvalue weighted by Gasteiger charge is -2.13. The van der Waals surface area contributed by atoms with Crippen molar-refractivity contribution < 1.29 is 9.53 Å². The van der Waals surface area contributed by atoms with Crippen molar-refractivity contribution in [3.05, 3.63) is 58.6 Å². The van der Waals surface area contributed by atoms with Gasteiger partial charge < -0.3 is 20.7 Å². The average molecular weight is 531 g/mol. The summed E-state index contributed by atoms with van der Waals surface area (Å²) in [6.07, 6.45) is 1.11. The van der Waals surface area contributed by atoms with Gasteiger partial charge >= 0.3 is 0 Å². The number of aryl methyl sites for hydroxylation is 1. The molecule has 0 saturated carbocycles. The second-order valence-electron chi connectivity index (χ2n) is 6.27. The van der Waals surface area contributed by atoms with Crippen molar-refractivity contribution in [2.45, 2.75) is 19.8 Å². The highest BCUT2D eigenvalue weighted by Gasteiger charge is 2.07. The summed E-state index contributed by atoms with van der Waals surface area (Å²) in [5.74, 6) is 1.41. The summed E-state index contributed by atoms with van der Waals surface area (Å²) in [6.45, 7) is 3.11. The summed E-state index contributed by atoms with van der Waals surface area (Å²) in [5.41, 5.74) is 2.80. The van der Waals surface area contributed by atoms with Gasteiger partial charge in [-0.25, -0.2) is 0 Å². The second kappa shape index (κ2) is 13.3. The van der Waals surface area contributed by atoms with Crippen LogP contribution < -0.4 is 20.7 Å². The summed E-state index contributed by atoms with van der Waals surface area (Å²) in [4.78, 5) is 16.3. The Morgan fingerprint density at radius 1 is 1.14 bits per heavy atom. The highest BCUT2D eigenvalue weighted by Crippen LogP contribution is 2.22. The Morgan fingerprint density at radius 3 is 2.55 bits per heavy atom. The molecule has 0 aliphatic carbocycles. The second-order valence-corrected chi connectivity index (χ2v) is 6.68. The molecule has 0 fully saturated rings. The molecular weight excluding hydrogens is 503 g/mol. The molecule has 0 heterocycles. The number of anilines is 1. The zero-order valence-electron chi connectivity index (χ0n) is 16.9. The number of rotatable bonds is 8. The van der Waals surface area contributed by atoms with E-state index in [4.69, 9.17) is 16.3 Å². The summed E-state index contributed by atoms with van der Waals surface area (Å²) in [7, 11) is 3.37. The number of nitrogens with one attached hydrogen (secondary N) is 3. The number of carbonyl (C=O) groups is 1. The molecule has 6 nitrogen and oxygen atoms in total. The van der Waals surface area contributed by atoms with Gasteiger partial charge in [0.25, 0.3) is 0 Å². The van der Waals surface area contributed by atoms with E-state index in [-0.39, 0.29) is 29.9 Å². The van der Waals surface area contributed by atoms with Gasteiger partial charge in [-0.15, -0.1) is 24.0 Å². The fraction of sp³-hybridized carbons (Fsp3) is 0.333. The molecule has 0 aromatic heterocycles. The molecular formula is C21H28ClIN4O2. The maximum atomic E-state index is 12.1. The van der Waals surface area contributed by atoms with Gasteiger partial charge in [-0.2, -0.15) is 0 Å². The fourth-order valence-electron chi connectivity index (χ4n) is 2.67. The number of benzene rings is 2. The molecule has 0 radical (unpaired) electrons. The molecule has 3 N–H and O–H groups in total. The molecule has 0 atom stereocenters. The first-order chi connectivity index (χ1) is 13.5. The predicted octanol–water partition coefficient (Wildman–Crippen LogP) is 4.01. The lowest BCUT2D eigenvalue weighted by molar-refractivity contribution is -0.116. The largest absolute Gasteiger partial charge is 0.496 e. The lowest BCUT2D eigenvalue weighted by atomic mass is 10.1. The first kappa shape index (κ1) is 25.0. The molecule has 0 unspecified atom stereocenters. The zero-order chi connectivity index (χ0) is 20.4. The van der Waals surface area contributed by atoms with Gasteiger partial charge in [0.2, 0.25) is 5.91 Å². The van der Waals surface area contributed by atoms with Crippen molar-refractivity contribution in [1.82, 2.24) is 10.6 Å². The Bertz CT molecular complexity index is 830. The van der Waals surface area contributed by atoms with Gasteiger partial charge in [-0.1, -0.05) is 35.9 Å². The van der Waals surface area contributed by atoms with Crippen LogP contribution in [-0.4, -0.2) is 39.1 Å². The minimum Gasteiger partial charge on any atom is -0.496 e. The van der Waals surface area contributed by atoms with Crippen LogP contribution in [0.15, 0.2) is 47.5 Å². The van der Waals surface area contributed by atoms with Crippen molar-refractivity contribution in [2.75, 3.05) is 32.6 Å². The Balaban J connectivity index is 0.00000420. The first-order valence-corrected chi connectivity index (χ1v) is 9.53. The number of guanidine groups is 1. The summed E-state index contributed by atoms with van der Waals surface area (Å²) < 4.78 is 5.36. The number of halogens is 2. The van der Waals surface area contributed by atoms with Gasteiger partial charge in [0.15, 0.2) is 5.96 Å². The van der Waals surface area contributed by atoms with Gasteiger partial charge in [0, 0.05) is 26.6 Å². The molecule has 2 rings (SSSR count). The summed E-state index contributed by atoms with van der Waals surface area (Å²) in [6, 6.07) is 13.5. The summed E-state index contributed by atoms with van der Waals surface area (Å²) in [5, 5.41) is 9.74. The molecule has 2 aromatic carbocycles. The molecule has 0 aliphatic rings. The molecule has 158 valence electrons. The fourth-order valence-corrected chi connectivity index (χ4v) is 2.96. The monoisotopic (exact) mass is 530 g/mol. The van der Waals surface area contributed by atoms with Crippen molar-refractivity contribution in [2.24, 2.45) is 4.99 Å². The molecule has 29 heavy (non-hydrogen) atoms. The van der Waals surface area contributed by atoms with Gasteiger partial charge in [-0.05, 0) is 42.7 Å². The van der Waals surface area contributed by atoms with Crippen LogP contribution in [0.25, 0.3) is 0 Å². The average Bonchev–Trinajstić information content (AvgIpc) is 2.69. The standard InChI is InChI=1S/C21H27ClN4O2.HI/c1-15-8-9-18(17(22)14-15)26-20(27)11-13-25-21(23-2)24-12-10-16-6-4-5-7-19(16)28-3;/h4-9,14H,10-13H2,1-3H3,(H,26,27)(H2,23,24,25);1H. The maximum Gasteiger partial charge on any atom is 0.226 e. The van der Waals surface area contributed by atoms with E-state index in [1.165, 1.54) is 0 Å². The van der Waals surface area contributed by atoms with Gasteiger partial charge in [0.1, 0.15) is 5.75 Å². The molecule has 0 spiro atoms. The Hall–Kier alpha value is -2.00. The predicted molar refractivity (Wildman–Crippen MR) is 131 cm³/mol. The number of aliphatic imine (C=N–C) groups is 1. The third kappa shape index (κ3) is 8.49. The van der Waals surface area contributed by atoms with E-state index in [1.807, 2.05) is 43.3 Å². The van der Waals surface area contributed by atoms with Crippen molar-refractivity contribution in [1.29, 1.82) is 0 Å². The first-order valence-electron chi connectivity index (χ1n) is 9.16. The smallest absolute Gasteiger partial charge is 0.226 e. The van der Waals surface area contributed by atoms with Gasteiger partial charge in [0.05, 0.1) is 17.8 Å².